The van der Waals surface area contributed by atoms with Crippen molar-refractivity contribution >= 4 is 39.6 Å². The lowest BCUT2D eigenvalue weighted by Gasteiger charge is -2.40. The van der Waals surface area contributed by atoms with E-state index in [2.05, 4.69) is 21.2 Å². The number of nitrogens with zero attached hydrogens (tertiary/aromatic N) is 2. The average molecular weight is 651 g/mol. The van der Waals surface area contributed by atoms with Gasteiger partial charge in [0.05, 0.1) is 12.5 Å². The molecule has 0 aromatic rings. The van der Waals surface area contributed by atoms with Crippen LogP contribution in [0.5, 0.6) is 0 Å². The van der Waals surface area contributed by atoms with Crippen LogP contribution in [0.25, 0.3) is 0 Å². The number of hydrogen-bond acceptors (Lipinski definition) is 7. The number of nitrogens with one attached hydrogen (secondary N) is 1. The molecule has 4 heterocycles. The third kappa shape index (κ3) is 6.06. The first-order chi connectivity index (χ1) is 20.3. The monoisotopic (exact) mass is 649 g/mol. The first-order valence-electron chi connectivity index (χ1n) is 15.7. The van der Waals surface area contributed by atoms with Crippen molar-refractivity contribution < 1.29 is 33.8 Å². The van der Waals surface area contributed by atoms with Crippen molar-refractivity contribution in [1.29, 1.82) is 0 Å². The minimum atomic E-state index is -1.27. The molecular weight excluding hydrogens is 606 g/mol. The van der Waals surface area contributed by atoms with Crippen molar-refractivity contribution in [2.45, 2.75) is 107 Å². The van der Waals surface area contributed by atoms with E-state index < -0.39 is 41.7 Å². The van der Waals surface area contributed by atoms with E-state index in [4.69, 9.17) is 9.47 Å². The largest absolute Gasteiger partial charge is 0.460 e. The number of hydrogen-bond donors (Lipinski definition) is 2. The molecule has 2 saturated heterocycles. The minimum Gasteiger partial charge on any atom is -0.460 e. The molecule has 5 rings (SSSR count). The Kier molecular flexibility index (Phi) is 10.1. The highest BCUT2D eigenvalue weighted by Crippen LogP contribution is 2.59. The molecule has 6 atom stereocenters. The van der Waals surface area contributed by atoms with Gasteiger partial charge in [-0.2, -0.15) is 0 Å². The van der Waals surface area contributed by atoms with Gasteiger partial charge in [-0.15, -0.1) is 0 Å². The van der Waals surface area contributed by atoms with Gasteiger partial charge >= 0.3 is 5.97 Å². The molecule has 1 aliphatic carbocycles. The highest BCUT2D eigenvalue weighted by atomic mass is 79.9. The molecular formula is C31H44BrN3O7. The van der Waals surface area contributed by atoms with Gasteiger partial charge in [0.25, 0.3) is 0 Å². The van der Waals surface area contributed by atoms with Crippen LogP contribution >= 0.6 is 15.9 Å². The molecule has 5 aliphatic rings. The average Bonchev–Trinajstić information content (AvgIpc) is 3.56. The number of cyclic esters (lactones) is 1. The Labute approximate surface area is 256 Å². The number of ether oxygens (including phenoxy) is 2. The lowest BCUT2D eigenvalue weighted by atomic mass is 9.74. The molecule has 42 heavy (non-hydrogen) atoms. The summed E-state index contributed by atoms with van der Waals surface area (Å²) in [5.74, 6) is -2.87. The summed E-state index contributed by atoms with van der Waals surface area (Å²) in [5.41, 5.74) is -1.27. The number of amides is 3. The van der Waals surface area contributed by atoms with Gasteiger partial charge < -0.3 is 29.7 Å². The summed E-state index contributed by atoms with van der Waals surface area (Å²) in [6.45, 7) is 2.77. The number of rotatable bonds is 7. The van der Waals surface area contributed by atoms with Gasteiger partial charge in [0.15, 0.2) is 0 Å². The van der Waals surface area contributed by atoms with Crippen LogP contribution in [0.1, 0.15) is 77.6 Å². The molecule has 0 unspecified atom stereocenters. The molecule has 4 aliphatic heterocycles. The summed E-state index contributed by atoms with van der Waals surface area (Å²) in [6.07, 6.45) is 13.3. The van der Waals surface area contributed by atoms with Crippen LogP contribution < -0.4 is 5.32 Å². The molecule has 3 amide bonds. The lowest BCUT2D eigenvalue weighted by molar-refractivity contribution is -0.158. The van der Waals surface area contributed by atoms with Crippen LogP contribution in [0.2, 0.25) is 0 Å². The molecule has 5 bridgehead atoms. The van der Waals surface area contributed by atoms with Gasteiger partial charge in [-0.05, 0) is 45.1 Å². The van der Waals surface area contributed by atoms with Crippen molar-refractivity contribution in [2.75, 3.05) is 26.2 Å². The molecule has 1 saturated carbocycles. The number of aliphatic hydroxyl groups is 1. The number of allylic oxidation sites excluding steroid dienone is 1. The third-order valence-electron chi connectivity index (χ3n) is 9.45. The second-order valence-corrected chi connectivity index (χ2v) is 13.3. The number of aliphatic hydroxyl groups excluding tert-OH is 1. The second kappa shape index (κ2) is 13.6. The molecule has 11 heteroatoms. The topological polar surface area (TPSA) is 125 Å². The molecule has 0 aromatic heterocycles. The van der Waals surface area contributed by atoms with Gasteiger partial charge in [0, 0.05) is 36.6 Å². The standard InChI is InChI=1S/C31H44BrN3O7/c1-20-19-33-23(37)14-8-5-10-15-34(21-12-6-4-7-13-21)29(39)27-31-18-22(32)26(42-31)24(30(40)41-20)25(31)28(38)35(27)16-9-2-3-11-17-36/h5,10,18,20-21,24-27,36H,2-4,6-9,11-17,19H2,1H3,(H,33,37)/b10-5-/t20-,24+,25-,26+,27+,31-/m0/s1. The Morgan fingerprint density at radius 2 is 1.81 bits per heavy atom. The second-order valence-electron chi connectivity index (χ2n) is 12.3. The van der Waals surface area contributed by atoms with Gasteiger partial charge in [0.1, 0.15) is 29.8 Å². The summed E-state index contributed by atoms with van der Waals surface area (Å²) in [6, 6.07) is -0.847. The number of carbonyl (C=O) groups is 4. The van der Waals surface area contributed by atoms with Crippen molar-refractivity contribution in [3.05, 3.63) is 22.7 Å². The van der Waals surface area contributed by atoms with Crippen molar-refractivity contribution in [1.82, 2.24) is 15.1 Å². The van der Waals surface area contributed by atoms with Crippen LogP contribution in [-0.2, 0) is 28.7 Å². The van der Waals surface area contributed by atoms with Crippen LogP contribution in [0.4, 0.5) is 0 Å². The Morgan fingerprint density at radius 3 is 2.57 bits per heavy atom. The van der Waals surface area contributed by atoms with Gasteiger partial charge in [-0.25, -0.2) is 0 Å². The van der Waals surface area contributed by atoms with E-state index in [1.165, 1.54) is 0 Å². The van der Waals surface area contributed by atoms with E-state index in [0.29, 0.717) is 43.3 Å². The van der Waals surface area contributed by atoms with Crippen LogP contribution in [0.15, 0.2) is 22.7 Å². The zero-order valence-electron chi connectivity index (χ0n) is 24.5. The summed E-state index contributed by atoms with van der Waals surface area (Å²) in [4.78, 5) is 58.6. The Bertz CT molecular complexity index is 1110. The van der Waals surface area contributed by atoms with E-state index >= 15 is 0 Å². The predicted molar refractivity (Wildman–Crippen MR) is 158 cm³/mol. The number of halogens is 1. The summed E-state index contributed by atoms with van der Waals surface area (Å²) >= 11 is 3.59. The third-order valence-corrected chi connectivity index (χ3v) is 10.1. The SMILES string of the molecule is C[C@H]1CNC(=O)CC/C=C\CN(C2CCCCC2)C(=O)[C@H]2N(CCCCCCO)C(=O)[C@@H]3[C@@H](C(=O)O1)[C@@H]1O[C@@]32C=C1Br. The zero-order valence-corrected chi connectivity index (χ0v) is 26.1. The van der Waals surface area contributed by atoms with Crippen LogP contribution in [-0.4, -0.2) is 94.7 Å². The molecule has 1 spiro atoms. The Hall–Kier alpha value is -2.24. The fourth-order valence-electron chi connectivity index (χ4n) is 7.41. The number of fused-ring (bicyclic) bond motifs is 2. The number of carbonyl (C=O) groups excluding carboxylic acids is 4. The summed E-state index contributed by atoms with van der Waals surface area (Å²) in [5, 5.41) is 12.0. The van der Waals surface area contributed by atoms with E-state index in [9.17, 15) is 24.3 Å². The molecule has 0 radical (unpaired) electrons. The highest BCUT2D eigenvalue weighted by molar-refractivity contribution is 9.11. The Morgan fingerprint density at radius 1 is 1.05 bits per heavy atom. The maximum Gasteiger partial charge on any atom is 0.313 e. The number of unbranched alkanes of at least 4 members (excludes halogenated alkanes) is 3. The normalized spacial score (nSPS) is 35.2. The van der Waals surface area contributed by atoms with Crippen LogP contribution in [0, 0.1) is 11.8 Å². The highest BCUT2D eigenvalue weighted by Gasteiger charge is 2.75. The van der Waals surface area contributed by atoms with Crippen molar-refractivity contribution in [3.8, 4) is 0 Å². The quantitative estimate of drug-likeness (QED) is 0.247. The van der Waals surface area contributed by atoms with E-state index in [1.807, 2.05) is 23.1 Å². The van der Waals surface area contributed by atoms with E-state index in [1.54, 1.807) is 11.8 Å². The maximum absolute atomic E-state index is 14.8. The van der Waals surface area contributed by atoms with Crippen molar-refractivity contribution in [3.63, 3.8) is 0 Å². The summed E-state index contributed by atoms with van der Waals surface area (Å²) in [7, 11) is 0. The first kappa shape index (κ1) is 31.2. The lowest BCUT2D eigenvalue weighted by Crippen LogP contribution is -2.58. The zero-order chi connectivity index (χ0) is 29.9. The fourth-order valence-corrected chi connectivity index (χ4v) is 8.14. The van der Waals surface area contributed by atoms with Gasteiger partial charge in [-0.1, -0.05) is 60.2 Å². The van der Waals surface area contributed by atoms with Gasteiger partial charge in [0.2, 0.25) is 17.7 Å². The van der Waals surface area contributed by atoms with Gasteiger partial charge in [-0.3, -0.25) is 19.2 Å². The Balaban J connectivity index is 1.53. The minimum absolute atomic E-state index is 0.0471. The first-order valence-corrected chi connectivity index (χ1v) is 16.5. The van der Waals surface area contributed by atoms with E-state index in [0.717, 1.165) is 44.9 Å². The van der Waals surface area contributed by atoms with E-state index in [-0.39, 0.29) is 36.9 Å². The van der Waals surface area contributed by atoms with Crippen molar-refractivity contribution in [2.24, 2.45) is 11.8 Å². The smallest absolute Gasteiger partial charge is 0.313 e. The molecule has 10 nitrogen and oxygen atoms in total. The molecule has 232 valence electrons. The fraction of sp³-hybridized carbons (Fsp3) is 0.742. The predicted octanol–water partition coefficient (Wildman–Crippen LogP) is 2.97. The number of esters is 1. The van der Waals surface area contributed by atoms with Crippen LogP contribution in [0.3, 0.4) is 0 Å². The molecule has 2 N–H and O–H groups in total. The molecule has 3 fully saturated rings. The maximum atomic E-state index is 14.8. The molecule has 0 aromatic carbocycles. The number of likely N-dealkylation sites (tertiary alicyclic amines) is 1. The summed E-state index contributed by atoms with van der Waals surface area (Å²) < 4.78 is 13.0.